The van der Waals surface area contributed by atoms with Gasteiger partial charge in [0.15, 0.2) is 0 Å². The van der Waals surface area contributed by atoms with Gasteiger partial charge in [-0.2, -0.15) is 8.42 Å². The Morgan fingerprint density at radius 3 is 2.35 bits per heavy atom. The van der Waals surface area contributed by atoms with Gasteiger partial charge in [-0.15, -0.1) is 0 Å². The Balaban J connectivity index is 1.95. The molecule has 0 atom stereocenters. The van der Waals surface area contributed by atoms with Crippen molar-refractivity contribution < 1.29 is 26.5 Å². The van der Waals surface area contributed by atoms with E-state index < -0.39 is 37.5 Å². The van der Waals surface area contributed by atoms with Crippen LogP contribution in [-0.2, 0) is 10.1 Å². The Morgan fingerprint density at radius 2 is 1.68 bits per heavy atom. The van der Waals surface area contributed by atoms with E-state index in [2.05, 4.69) is 0 Å². The summed E-state index contributed by atoms with van der Waals surface area (Å²) in [4.78, 5) is 12.6. The first-order valence-corrected chi connectivity index (χ1v) is 10.8. The fourth-order valence-corrected chi connectivity index (χ4v) is 4.32. The molecular weight excluding hydrogens is 471 g/mol. The normalized spacial score (nSPS) is 11.8. The first-order valence-electron chi connectivity index (χ1n) is 8.65. The predicted molar refractivity (Wildman–Crippen MR) is 112 cm³/mol. The molecule has 2 aromatic heterocycles. The lowest BCUT2D eigenvalue weighted by molar-refractivity contribution is 0.103. The van der Waals surface area contributed by atoms with Gasteiger partial charge in [0.1, 0.15) is 11.6 Å². The number of benzene rings is 2. The molecule has 10 heteroatoms. The third-order valence-corrected chi connectivity index (χ3v) is 6.24. The lowest BCUT2D eigenvalue weighted by Gasteiger charge is -2.07. The topological polar surface area (TPSA) is 75.8 Å². The van der Waals surface area contributed by atoms with Gasteiger partial charge in [-0.1, -0.05) is 29.3 Å². The minimum Gasteiger partial charge on any atom is -0.313 e. The molecule has 0 aliphatic rings. The van der Waals surface area contributed by atoms with Crippen LogP contribution >= 0.6 is 23.2 Å². The van der Waals surface area contributed by atoms with Crippen LogP contribution in [0.4, 0.5) is 8.78 Å². The van der Waals surface area contributed by atoms with Crippen molar-refractivity contribution in [3.63, 3.8) is 0 Å². The zero-order valence-corrected chi connectivity index (χ0v) is 17.6. The average molecular weight is 482 g/mol. The maximum atomic E-state index is 14.7. The second-order valence-corrected chi connectivity index (χ2v) is 8.77. The molecule has 0 saturated heterocycles. The van der Waals surface area contributed by atoms with Crippen molar-refractivity contribution in [3.8, 4) is 11.1 Å². The number of carbonyl (C=O) groups is 1. The molecule has 0 saturated carbocycles. The standard InChI is InChI=1S/C21H11Cl2F2NO4S/c22-14-6-7-15(24)20(23)19(14)21(27)18-10-13(17-3-1-2-8-26(17)18)12-5-4-11(9-16(12)25)31(28,29)30/h1-10H,(H,28,29,30). The minimum absolute atomic E-state index is 0.00779. The fourth-order valence-electron chi connectivity index (χ4n) is 3.28. The second-order valence-electron chi connectivity index (χ2n) is 6.56. The van der Waals surface area contributed by atoms with E-state index in [9.17, 15) is 22.0 Å². The molecule has 0 spiro atoms. The summed E-state index contributed by atoms with van der Waals surface area (Å²) in [6.07, 6.45) is 1.55. The molecule has 0 bridgehead atoms. The van der Waals surface area contributed by atoms with Gasteiger partial charge in [-0.25, -0.2) is 8.78 Å². The summed E-state index contributed by atoms with van der Waals surface area (Å²) in [6, 6.07) is 11.4. The summed E-state index contributed by atoms with van der Waals surface area (Å²) in [5, 5.41) is -0.485. The van der Waals surface area contributed by atoms with Crippen LogP contribution in [0.15, 0.2) is 65.7 Å². The summed E-state index contributed by atoms with van der Waals surface area (Å²) in [7, 11) is -4.59. The molecule has 0 amide bonds. The van der Waals surface area contributed by atoms with Gasteiger partial charge < -0.3 is 4.40 Å². The van der Waals surface area contributed by atoms with Gasteiger partial charge in [-0.3, -0.25) is 9.35 Å². The molecule has 4 aromatic rings. The molecular formula is C21H11Cl2F2NO4S. The third-order valence-electron chi connectivity index (χ3n) is 4.71. The number of aromatic nitrogens is 1. The summed E-state index contributed by atoms with van der Waals surface area (Å²) in [5.41, 5.74) is 0.491. The third kappa shape index (κ3) is 3.72. The maximum absolute atomic E-state index is 14.7. The van der Waals surface area contributed by atoms with Crippen LogP contribution in [0.1, 0.15) is 16.1 Å². The number of pyridine rings is 1. The molecule has 2 aromatic carbocycles. The van der Waals surface area contributed by atoms with Crippen LogP contribution in [0.25, 0.3) is 16.6 Å². The number of ketones is 1. The number of nitrogens with zero attached hydrogens (tertiary/aromatic N) is 1. The molecule has 5 nitrogen and oxygen atoms in total. The Labute approximate surface area is 185 Å². The van der Waals surface area contributed by atoms with Crippen LogP contribution in [0.2, 0.25) is 10.0 Å². The van der Waals surface area contributed by atoms with Crippen LogP contribution in [0.5, 0.6) is 0 Å². The van der Waals surface area contributed by atoms with E-state index in [0.717, 1.165) is 12.1 Å². The van der Waals surface area contributed by atoms with E-state index in [0.29, 0.717) is 11.6 Å². The van der Waals surface area contributed by atoms with Crippen LogP contribution < -0.4 is 0 Å². The number of fused-ring (bicyclic) bond motifs is 1. The summed E-state index contributed by atoms with van der Waals surface area (Å²) >= 11 is 12.1. The molecule has 0 unspecified atom stereocenters. The smallest absolute Gasteiger partial charge is 0.294 e. The lowest BCUT2D eigenvalue weighted by atomic mass is 10.0. The zero-order valence-electron chi connectivity index (χ0n) is 15.3. The number of carbonyl (C=O) groups excluding carboxylic acids is 1. The molecule has 0 radical (unpaired) electrons. The van der Waals surface area contributed by atoms with Gasteiger partial charge in [0.2, 0.25) is 5.78 Å². The lowest BCUT2D eigenvalue weighted by Crippen LogP contribution is -2.07. The van der Waals surface area contributed by atoms with E-state index in [1.54, 1.807) is 24.4 Å². The van der Waals surface area contributed by atoms with Crippen molar-refractivity contribution in [3.05, 3.63) is 93.7 Å². The molecule has 1 N–H and O–H groups in total. The molecule has 2 heterocycles. The molecule has 4 rings (SSSR count). The number of halogens is 4. The first kappa shape index (κ1) is 21.5. The first-order chi connectivity index (χ1) is 14.6. The van der Waals surface area contributed by atoms with Gasteiger partial charge in [0.05, 0.1) is 31.7 Å². The number of hydrogen-bond acceptors (Lipinski definition) is 3. The van der Waals surface area contributed by atoms with Crippen molar-refractivity contribution in [1.82, 2.24) is 4.40 Å². The van der Waals surface area contributed by atoms with Crippen LogP contribution in [0, 0.1) is 11.6 Å². The number of hydrogen-bond donors (Lipinski definition) is 1. The van der Waals surface area contributed by atoms with Gasteiger partial charge in [-0.05, 0) is 48.5 Å². The SMILES string of the molecule is O=C(c1c(Cl)ccc(F)c1Cl)c1cc(-c2ccc(S(=O)(=O)O)cc2F)c2ccccn12. The number of rotatable bonds is 4. The zero-order chi connectivity index (χ0) is 22.5. The van der Waals surface area contributed by atoms with Gasteiger partial charge in [0.25, 0.3) is 10.1 Å². The molecule has 31 heavy (non-hydrogen) atoms. The Hall–Kier alpha value is -2.78. The van der Waals surface area contributed by atoms with E-state index >= 15 is 0 Å². The van der Waals surface area contributed by atoms with E-state index in [4.69, 9.17) is 27.8 Å². The second kappa shape index (κ2) is 7.72. The maximum Gasteiger partial charge on any atom is 0.294 e. The van der Waals surface area contributed by atoms with Crippen LogP contribution in [0.3, 0.4) is 0 Å². The molecule has 0 aliphatic carbocycles. The Morgan fingerprint density at radius 1 is 0.935 bits per heavy atom. The quantitative estimate of drug-likeness (QED) is 0.231. The van der Waals surface area contributed by atoms with Crippen molar-refractivity contribution in [2.24, 2.45) is 0 Å². The monoisotopic (exact) mass is 481 g/mol. The van der Waals surface area contributed by atoms with Crippen LogP contribution in [-0.4, -0.2) is 23.2 Å². The fraction of sp³-hybridized carbons (Fsp3) is 0. The van der Waals surface area contributed by atoms with Crippen molar-refractivity contribution in [2.75, 3.05) is 0 Å². The molecule has 0 fully saturated rings. The highest BCUT2D eigenvalue weighted by atomic mass is 35.5. The predicted octanol–water partition coefficient (Wildman–Crippen LogP) is 5.67. The highest BCUT2D eigenvalue weighted by Gasteiger charge is 2.25. The Kier molecular flexibility index (Phi) is 5.35. The molecule has 0 aliphatic heterocycles. The van der Waals surface area contributed by atoms with Crippen molar-refractivity contribution in [2.45, 2.75) is 4.90 Å². The summed E-state index contributed by atoms with van der Waals surface area (Å²) in [5.74, 6) is -2.42. The highest BCUT2D eigenvalue weighted by molar-refractivity contribution is 7.85. The van der Waals surface area contributed by atoms with Gasteiger partial charge >= 0.3 is 0 Å². The highest BCUT2D eigenvalue weighted by Crippen LogP contribution is 2.35. The van der Waals surface area contributed by atoms with Gasteiger partial charge in [0, 0.05) is 17.3 Å². The van der Waals surface area contributed by atoms with E-state index in [-0.39, 0.29) is 27.4 Å². The summed E-state index contributed by atoms with van der Waals surface area (Å²) < 4.78 is 61.8. The average Bonchev–Trinajstić information content (AvgIpc) is 3.10. The van der Waals surface area contributed by atoms with Crippen molar-refractivity contribution in [1.29, 1.82) is 0 Å². The Bertz CT molecular complexity index is 1480. The van der Waals surface area contributed by atoms with E-state index in [1.165, 1.54) is 22.6 Å². The largest absolute Gasteiger partial charge is 0.313 e. The minimum atomic E-state index is -4.59. The van der Waals surface area contributed by atoms with E-state index in [1.807, 2.05) is 0 Å². The summed E-state index contributed by atoms with van der Waals surface area (Å²) in [6.45, 7) is 0. The van der Waals surface area contributed by atoms with Crippen molar-refractivity contribution >= 4 is 44.6 Å². The molecule has 158 valence electrons.